The quantitative estimate of drug-likeness (QED) is 0.533. The summed E-state index contributed by atoms with van der Waals surface area (Å²) in [5, 5.41) is 0. The molecule has 2 aliphatic carbocycles. The average Bonchev–Trinajstić information content (AvgIpc) is 3.06. The molecule has 1 aromatic rings. The number of fused-ring (bicyclic) bond motifs is 1. The third-order valence-electron chi connectivity index (χ3n) is 7.39. The second-order valence-corrected chi connectivity index (χ2v) is 9.70. The van der Waals surface area contributed by atoms with Crippen molar-refractivity contribution in [3.8, 4) is 0 Å². The summed E-state index contributed by atoms with van der Waals surface area (Å²) in [7, 11) is 0. The van der Waals surface area contributed by atoms with Crippen LogP contribution >= 0.6 is 0 Å². The van der Waals surface area contributed by atoms with Crippen LogP contribution in [-0.2, 0) is 35.2 Å². The van der Waals surface area contributed by atoms with Gasteiger partial charge in [0.05, 0.1) is 12.5 Å². The van der Waals surface area contributed by atoms with E-state index in [0.29, 0.717) is 25.2 Å². The van der Waals surface area contributed by atoms with Crippen molar-refractivity contribution in [2.24, 2.45) is 23.7 Å². The maximum Gasteiger partial charge on any atom is 0.346 e. The lowest BCUT2D eigenvalue weighted by molar-refractivity contribution is -0.234. The van der Waals surface area contributed by atoms with Gasteiger partial charge in [-0.15, -0.1) is 0 Å². The molecule has 1 aromatic carbocycles. The van der Waals surface area contributed by atoms with Gasteiger partial charge in [-0.05, 0) is 24.0 Å². The highest BCUT2D eigenvalue weighted by atomic mass is 16.6. The number of Topliss-reactive ketones (excluding diaryl/α,β-unsaturated/α-hetero) is 1. The van der Waals surface area contributed by atoms with Crippen LogP contribution in [0.2, 0.25) is 0 Å². The minimum absolute atomic E-state index is 0.0239. The third-order valence-corrected chi connectivity index (χ3v) is 7.39. The van der Waals surface area contributed by atoms with Crippen molar-refractivity contribution in [1.82, 2.24) is 0 Å². The molecule has 5 aliphatic rings. The van der Waals surface area contributed by atoms with Gasteiger partial charge in [-0.1, -0.05) is 57.2 Å². The number of hydrogen-bond donors (Lipinski definition) is 0. The van der Waals surface area contributed by atoms with Crippen LogP contribution in [0, 0.1) is 23.7 Å². The van der Waals surface area contributed by atoms with Gasteiger partial charge < -0.3 is 14.2 Å². The fraction of sp³-hybridized carbons (Fsp3) is 0.500. The summed E-state index contributed by atoms with van der Waals surface area (Å²) in [5.74, 6) is -1.75. The number of allylic oxidation sites excluding steroid dienone is 1. The van der Waals surface area contributed by atoms with E-state index in [9.17, 15) is 14.4 Å². The fourth-order valence-electron chi connectivity index (χ4n) is 5.73. The summed E-state index contributed by atoms with van der Waals surface area (Å²) < 4.78 is 18.7. The highest BCUT2D eigenvalue weighted by molar-refractivity contribution is 6.20. The number of benzene rings is 1. The zero-order valence-electron chi connectivity index (χ0n) is 18.6. The number of ether oxygens (including phenoxy) is 3. The molecule has 6 rings (SSSR count). The first-order valence-electron chi connectivity index (χ1n) is 11.4. The van der Waals surface area contributed by atoms with Crippen LogP contribution in [0.4, 0.5) is 0 Å². The summed E-state index contributed by atoms with van der Waals surface area (Å²) in [6.45, 7) is 6.00. The maximum absolute atomic E-state index is 13.2. The second kappa shape index (κ2) is 7.69. The Morgan fingerprint density at radius 2 is 1.81 bits per heavy atom. The minimum atomic E-state index is -1.11. The molecule has 3 heterocycles. The van der Waals surface area contributed by atoms with Crippen molar-refractivity contribution in [3.63, 3.8) is 0 Å². The lowest BCUT2D eigenvalue weighted by Crippen LogP contribution is -2.64. The topological polar surface area (TPSA) is 78.9 Å². The molecule has 1 spiro atoms. The van der Waals surface area contributed by atoms with Gasteiger partial charge in [-0.25, -0.2) is 4.79 Å². The Hall–Kier alpha value is -2.73. The molecule has 6 nitrogen and oxygen atoms in total. The normalized spacial score (nSPS) is 39.4. The zero-order valence-corrected chi connectivity index (χ0v) is 18.6. The third kappa shape index (κ3) is 3.15. The number of rotatable bonds is 3. The lowest BCUT2D eigenvalue weighted by Gasteiger charge is -2.55. The van der Waals surface area contributed by atoms with Gasteiger partial charge in [0, 0.05) is 18.3 Å². The van der Waals surface area contributed by atoms with Crippen LogP contribution in [-0.4, -0.2) is 35.3 Å². The molecule has 32 heavy (non-hydrogen) atoms. The smallest absolute Gasteiger partial charge is 0.346 e. The molecule has 0 N–H and O–H groups in total. The van der Waals surface area contributed by atoms with Crippen LogP contribution in [0.25, 0.3) is 0 Å². The van der Waals surface area contributed by atoms with Crippen LogP contribution in [0.15, 0.2) is 53.8 Å². The summed E-state index contributed by atoms with van der Waals surface area (Å²) in [6.07, 6.45) is 3.56. The molecular formula is C26H28O6. The van der Waals surface area contributed by atoms with E-state index in [-0.39, 0.29) is 35.1 Å². The average molecular weight is 437 g/mol. The van der Waals surface area contributed by atoms with E-state index in [2.05, 4.69) is 0 Å². The van der Waals surface area contributed by atoms with Crippen molar-refractivity contribution < 1.29 is 28.6 Å². The molecule has 3 fully saturated rings. The summed E-state index contributed by atoms with van der Waals surface area (Å²) in [4.78, 5) is 39.0. The molecule has 168 valence electrons. The SMILES string of the molecule is C[C@@H]1C[C@H](C)C(=O)/C=C/[C@@H]2[C@@H](OCc3ccccc3)[C@@H]3OC4=C(C(=O)O[C@@]42C[C@H]3C)C1=O. The fourth-order valence-corrected chi connectivity index (χ4v) is 5.73. The van der Waals surface area contributed by atoms with E-state index in [0.717, 1.165) is 5.56 Å². The number of carbonyl (C=O) groups excluding carboxylic acids is 3. The molecular weight excluding hydrogens is 408 g/mol. The van der Waals surface area contributed by atoms with E-state index in [1.54, 1.807) is 13.0 Å². The standard InChI is InChI=1S/C26H28O6/c1-14-11-15(2)21(28)20-24-26(32-25(20)29)12-16(3)22(31-24)23(18(26)9-10-19(14)27)30-13-17-7-5-4-6-8-17/h4-10,14-16,18,22-23H,11-13H2,1-3H3/b10-9+/t14-,15+,16+,18+,22+,23+,26+/m0/s1. The first kappa shape index (κ1) is 21.1. The molecule has 0 unspecified atom stereocenters. The predicted octanol–water partition coefficient (Wildman–Crippen LogP) is 3.55. The number of ketones is 2. The van der Waals surface area contributed by atoms with E-state index in [1.165, 1.54) is 0 Å². The Balaban J connectivity index is 1.59. The Morgan fingerprint density at radius 1 is 1.06 bits per heavy atom. The van der Waals surface area contributed by atoms with Crippen molar-refractivity contribution in [2.75, 3.05) is 0 Å². The van der Waals surface area contributed by atoms with Crippen LogP contribution in [0.5, 0.6) is 0 Å². The van der Waals surface area contributed by atoms with E-state index in [4.69, 9.17) is 14.2 Å². The Labute approximate surface area is 187 Å². The molecule has 5 bridgehead atoms. The van der Waals surface area contributed by atoms with E-state index >= 15 is 0 Å². The highest BCUT2D eigenvalue weighted by Gasteiger charge is 2.67. The Bertz CT molecular complexity index is 1020. The van der Waals surface area contributed by atoms with Gasteiger partial charge in [-0.3, -0.25) is 9.59 Å². The van der Waals surface area contributed by atoms with Crippen LogP contribution < -0.4 is 0 Å². The maximum atomic E-state index is 13.2. The van der Waals surface area contributed by atoms with E-state index < -0.39 is 29.5 Å². The summed E-state index contributed by atoms with van der Waals surface area (Å²) in [6, 6.07) is 9.83. The first-order chi connectivity index (χ1) is 15.3. The lowest BCUT2D eigenvalue weighted by atomic mass is 9.64. The van der Waals surface area contributed by atoms with Crippen LogP contribution in [0.3, 0.4) is 0 Å². The minimum Gasteiger partial charge on any atom is -0.486 e. The molecule has 1 saturated carbocycles. The summed E-state index contributed by atoms with van der Waals surface area (Å²) >= 11 is 0. The highest BCUT2D eigenvalue weighted by Crippen LogP contribution is 2.57. The molecule has 0 amide bonds. The molecule has 0 radical (unpaired) electrons. The number of esters is 1. The predicted molar refractivity (Wildman–Crippen MR) is 115 cm³/mol. The molecule has 3 aliphatic heterocycles. The molecule has 0 aromatic heterocycles. The monoisotopic (exact) mass is 436 g/mol. The molecule has 7 atom stereocenters. The van der Waals surface area contributed by atoms with Gasteiger partial charge in [0.15, 0.2) is 22.9 Å². The Morgan fingerprint density at radius 3 is 2.56 bits per heavy atom. The first-order valence-corrected chi connectivity index (χ1v) is 11.4. The van der Waals surface area contributed by atoms with Crippen molar-refractivity contribution in [1.29, 1.82) is 0 Å². The number of hydrogen-bond acceptors (Lipinski definition) is 6. The summed E-state index contributed by atoms with van der Waals surface area (Å²) in [5.41, 5.74) is -0.0639. The van der Waals surface area contributed by atoms with Crippen molar-refractivity contribution in [3.05, 3.63) is 59.4 Å². The van der Waals surface area contributed by atoms with Gasteiger partial charge in [0.25, 0.3) is 0 Å². The molecule has 6 heteroatoms. The van der Waals surface area contributed by atoms with Crippen LogP contribution in [0.1, 0.15) is 39.2 Å². The van der Waals surface area contributed by atoms with Crippen molar-refractivity contribution >= 4 is 17.5 Å². The van der Waals surface area contributed by atoms with Gasteiger partial charge in [0.2, 0.25) is 0 Å². The molecule has 2 saturated heterocycles. The Kier molecular flexibility index (Phi) is 5.08. The second-order valence-electron chi connectivity index (χ2n) is 9.70. The van der Waals surface area contributed by atoms with Gasteiger partial charge >= 0.3 is 5.97 Å². The van der Waals surface area contributed by atoms with Crippen molar-refractivity contribution in [2.45, 2.75) is 58.0 Å². The zero-order chi connectivity index (χ0) is 22.6. The number of carbonyl (C=O) groups is 3. The van der Waals surface area contributed by atoms with Gasteiger partial charge in [-0.2, -0.15) is 0 Å². The largest absolute Gasteiger partial charge is 0.486 e. The van der Waals surface area contributed by atoms with E-state index in [1.807, 2.05) is 50.3 Å². The van der Waals surface area contributed by atoms with Gasteiger partial charge in [0.1, 0.15) is 17.8 Å².